The van der Waals surface area contributed by atoms with Crippen LogP contribution >= 0.6 is 0 Å². The number of hydrogen-bond donors (Lipinski definition) is 1. The lowest BCUT2D eigenvalue weighted by Crippen LogP contribution is -2.17. The number of primary amides is 1. The number of aryl methyl sites for hydroxylation is 1. The van der Waals surface area contributed by atoms with Crippen LogP contribution < -0.4 is 5.73 Å². The van der Waals surface area contributed by atoms with Gasteiger partial charge in [0.2, 0.25) is 5.91 Å². The van der Waals surface area contributed by atoms with Crippen molar-refractivity contribution < 1.29 is 18.0 Å². The first-order chi connectivity index (χ1) is 7.27. The molecule has 0 aliphatic carbocycles. The van der Waals surface area contributed by atoms with Crippen LogP contribution in [0, 0.1) is 18.3 Å². The molecule has 0 aliphatic rings. The van der Waals surface area contributed by atoms with Gasteiger partial charge in [0.25, 0.3) is 0 Å². The lowest BCUT2D eigenvalue weighted by Gasteiger charge is -2.11. The highest BCUT2D eigenvalue weighted by Crippen LogP contribution is 2.33. The summed E-state index contributed by atoms with van der Waals surface area (Å²) in [6.07, 6.45) is -4.68. The van der Waals surface area contributed by atoms with Gasteiger partial charge in [0.05, 0.1) is 16.7 Å². The van der Waals surface area contributed by atoms with Gasteiger partial charge in [0.1, 0.15) is 6.07 Å². The Kier molecular flexibility index (Phi) is 2.90. The number of nitrogens with zero attached hydrogens (tertiary/aromatic N) is 1. The maximum Gasteiger partial charge on any atom is 0.417 e. The standard InChI is InChI=1S/C10H7F3N2O/c1-5-2-6(9(15)16)7(4-14)8(3-5)10(11,12)13/h2-3H,1H3,(H2,15,16). The molecule has 0 aliphatic heterocycles. The van der Waals surface area contributed by atoms with E-state index < -0.39 is 28.8 Å². The van der Waals surface area contributed by atoms with Crippen LogP contribution in [-0.2, 0) is 6.18 Å². The zero-order valence-corrected chi connectivity index (χ0v) is 8.22. The first-order valence-electron chi connectivity index (χ1n) is 4.19. The second kappa shape index (κ2) is 3.85. The predicted molar refractivity (Wildman–Crippen MR) is 49.4 cm³/mol. The summed E-state index contributed by atoms with van der Waals surface area (Å²) in [6.45, 7) is 1.39. The Morgan fingerprint density at radius 3 is 2.38 bits per heavy atom. The largest absolute Gasteiger partial charge is 0.417 e. The fourth-order valence-electron chi connectivity index (χ4n) is 1.32. The Bertz CT molecular complexity index is 486. The van der Waals surface area contributed by atoms with E-state index in [1.807, 2.05) is 0 Å². The van der Waals surface area contributed by atoms with Crippen LogP contribution in [0.4, 0.5) is 13.2 Å². The minimum atomic E-state index is -4.68. The van der Waals surface area contributed by atoms with Crippen molar-refractivity contribution in [1.82, 2.24) is 0 Å². The van der Waals surface area contributed by atoms with Gasteiger partial charge in [0.15, 0.2) is 0 Å². The number of hydrogen-bond acceptors (Lipinski definition) is 2. The van der Waals surface area contributed by atoms with Crippen molar-refractivity contribution in [3.8, 4) is 6.07 Å². The summed E-state index contributed by atoms with van der Waals surface area (Å²) in [7, 11) is 0. The minimum Gasteiger partial charge on any atom is -0.366 e. The van der Waals surface area contributed by atoms with Crippen LogP contribution in [0.2, 0.25) is 0 Å². The number of halogens is 3. The maximum atomic E-state index is 12.6. The third-order valence-electron chi connectivity index (χ3n) is 1.97. The van der Waals surface area contributed by atoms with Crippen molar-refractivity contribution in [2.24, 2.45) is 5.73 Å². The molecule has 16 heavy (non-hydrogen) atoms. The fraction of sp³-hybridized carbons (Fsp3) is 0.200. The molecule has 0 radical (unpaired) electrons. The molecule has 0 bridgehead atoms. The van der Waals surface area contributed by atoms with Crippen molar-refractivity contribution in [2.45, 2.75) is 13.1 Å². The lowest BCUT2D eigenvalue weighted by molar-refractivity contribution is -0.137. The highest BCUT2D eigenvalue weighted by Gasteiger charge is 2.35. The Hall–Kier alpha value is -2.03. The number of nitriles is 1. The van der Waals surface area contributed by atoms with Crippen LogP contribution in [0.1, 0.15) is 27.0 Å². The Morgan fingerprint density at radius 2 is 2.00 bits per heavy atom. The van der Waals surface area contributed by atoms with Gasteiger partial charge in [-0.1, -0.05) is 0 Å². The number of carbonyl (C=O) groups is 1. The van der Waals surface area contributed by atoms with Crippen LogP contribution in [-0.4, -0.2) is 5.91 Å². The van der Waals surface area contributed by atoms with Gasteiger partial charge in [0, 0.05) is 0 Å². The highest BCUT2D eigenvalue weighted by molar-refractivity contribution is 5.96. The van der Waals surface area contributed by atoms with Crippen molar-refractivity contribution in [3.63, 3.8) is 0 Å². The molecule has 0 unspecified atom stereocenters. The van der Waals surface area contributed by atoms with E-state index in [0.29, 0.717) is 0 Å². The topological polar surface area (TPSA) is 66.9 Å². The molecular weight excluding hydrogens is 221 g/mol. The molecule has 0 saturated heterocycles. The van der Waals surface area contributed by atoms with E-state index in [4.69, 9.17) is 11.0 Å². The van der Waals surface area contributed by atoms with Gasteiger partial charge in [-0.25, -0.2) is 0 Å². The summed E-state index contributed by atoms with van der Waals surface area (Å²) in [6, 6.07) is 3.33. The third-order valence-corrected chi connectivity index (χ3v) is 1.97. The molecule has 84 valence electrons. The molecular formula is C10H7F3N2O. The molecule has 3 nitrogen and oxygen atoms in total. The Morgan fingerprint density at radius 1 is 1.44 bits per heavy atom. The Labute approximate surface area is 89.3 Å². The van der Waals surface area contributed by atoms with E-state index in [-0.39, 0.29) is 5.56 Å². The average molecular weight is 228 g/mol. The second-order valence-corrected chi connectivity index (χ2v) is 3.21. The molecule has 0 saturated carbocycles. The van der Waals surface area contributed by atoms with E-state index in [0.717, 1.165) is 12.1 Å². The second-order valence-electron chi connectivity index (χ2n) is 3.21. The molecule has 2 N–H and O–H groups in total. The number of benzene rings is 1. The lowest BCUT2D eigenvalue weighted by atomic mass is 9.98. The highest BCUT2D eigenvalue weighted by atomic mass is 19.4. The molecule has 0 fully saturated rings. The van der Waals surface area contributed by atoms with Crippen LogP contribution in [0.3, 0.4) is 0 Å². The summed E-state index contributed by atoms with van der Waals surface area (Å²) in [5, 5.41) is 8.64. The summed E-state index contributed by atoms with van der Waals surface area (Å²) < 4.78 is 37.7. The molecule has 1 amide bonds. The van der Waals surface area contributed by atoms with E-state index in [9.17, 15) is 18.0 Å². The van der Waals surface area contributed by atoms with Gasteiger partial charge < -0.3 is 5.73 Å². The van der Waals surface area contributed by atoms with Crippen molar-refractivity contribution in [1.29, 1.82) is 5.26 Å². The molecule has 0 aromatic heterocycles. The first-order valence-corrected chi connectivity index (χ1v) is 4.19. The SMILES string of the molecule is Cc1cc(C(N)=O)c(C#N)c(C(F)(F)F)c1. The molecule has 1 aromatic rings. The van der Waals surface area contributed by atoms with Gasteiger partial charge in [-0.15, -0.1) is 0 Å². The fourth-order valence-corrected chi connectivity index (χ4v) is 1.32. The summed E-state index contributed by atoms with van der Waals surface area (Å²) >= 11 is 0. The van der Waals surface area contributed by atoms with Crippen molar-refractivity contribution in [2.75, 3.05) is 0 Å². The number of alkyl halides is 3. The molecule has 1 aromatic carbocycles. The van der Waals surface area contributed by atoms with Crippen LogP contribution in [0.15, 0.2) is 12.1 Å². The number of rotatable bonds is 1. The van der Waals surface area contributed by atoms with E-state index >= 15 is 0 Å². The van der Waals surface area contributed by atoms with Crippen LogP contribution in [0.5, 0.6) is 0 Å². The Balaban J connectivity index is 3.63. The number of amides is 1. The quantitative estimate of drug-likeness (QED) is 0.798. The number of carbonyl (C=O) groups excluding carboxylic acids is 1. The zero-order chi connectivity index (χ0) is 12.5. The summed E-state index contributed by atoms with van der Waals surface area (Å²) in [5.41, 5.74) is 2.86. The maximum absolute atomic E-state index is 12.6. The van der Waals surface area contributed by atoms with Gasteiger partial charge >= 0.3 is 6.18 Å². The van der Waals surface area contributed by atoms with Gasteiger partial charge in [-0.05, 0) is 24.6 Å². The molecule has 0 heterocycles. The van der Waals surface area contributed by atoms with Gasteiger partial charge in [-0.2, -0.15) is 18.4 Å². The summed E-state index contributed by atoms with van der Waals surface area (Å²) in [5.74, 6) is -1.05. The predicted octanol–water partition coefficient (Wildman–Crippen LogP) is 1.98. The zero-order valence-electron chi connectivity index (χ0n) is 8.22. The first kappa shape index (κ1) is 12.0. The molecule has 0 atom stereocenters. The van der Waals surface area contributed by atoms with E-state index in [2.05, 4.69) is 0 Å². The normalized spacial score (nSPS) is 10.9. The monoisotopic (exact) mass is 228 g/mol. The van der Waals surface area contributed by atoms with Crippen molar-refractivity contribution in [3.05, 3.63) is 34.4 Å². The number of nitrogens with two attached hydrogens (primary N) is 1. The van der Waals surface area contributed by atoms with Crippen molar-refractivity contribution >= 4 is 5.91 Å². The van der Waals surface area contributed by atoms with E-state index in [1.54, 1.807) is 0 Å². The smallest absolute Gasteiger partial charge is 0.366 e. The molecule has 6 heteroatoms. The minimum absolute atomic E-state index is 0.222. The summed E-state index contributed by atoms with van der Waals surface area (Å²) in [4.78, 5) is 10.9. The van der Waals surface area contributed by atoms with Crippen LogP contribution in [0.25, 0.3) is 0 Å². The van der Waals surface area contributed by atoms with Gasteiger partial charge in [-0.3, -0.25) is 4.79 Å². The third kappa shape index (κ3) is 2.14. The van der Waals surface area contributed by atoms with E-state index in [1.165, 1.54) is 13.0 Å². The average Bonchev–Trinajstić information content (AvgIpc) is 2.14. The molecule has 0 spiro atoms. The molecule has 1 rings (SSSR count).